The van der Waals surface area contributed by atoms with Crippen LogP contribution in [0.1, 0.15) is 11.1 Å². The lowest BCUT2D eigenvalue weighted by atomic mass is 10.2. The predicted molar refractivity (Wildman–Crippen MR) is 75.6 cm³/mol. The fourth-order valence-electron chi connectivity index (χ4n) is 1.63. The lowest BCUT2D eigenvalue weighted by Crippen LogP contribution is -2.00. The van der Waals surface area contributed by atoms with Crippen molar-refractivity contribution in [2.75, 3.05) is 0 Å². The summed E-state index contributed by atoms with van der Waals surface area (Å²) in [6.45, 7) is 2.33. The highest BCUT2D eigenvalue weighted by atomic mass is 35.5. The SMILES string of the molecule is Cc1ccc(Oc2c(Cl)cccc2CN)c(Cl)c1. The van der Waals surface area contributed by atoms with Crippen molar-refractivity contribution in [1.29, 1.82) is 0 Å². The van der Waals surface area contributed by atoms with E-state index in [1.54, 1.807) is 6.07 Å². The number of benzene rings is 2. The van der Waals surface area contributed by atoms with E-state index < -0.39 is 0 Å². The van der Waals surface area contributed by atoms with Crippen molar-refractivity contribution in [3.05, 3.63) is 57.6 Å². The van der Waals surface area contributed by atoms with Gasteiger partial charge in [-0.15, -0.1) is 0 Å². The van der Waals surface area contributed by atoms with Crippen molar-refractivity contribution >= 4 is 23.2 Å². The van der Waals surface area contributed by atoms with Crippen molar-refractivity contribution in [1.82, 2.24) is 0 Å². The predicted octanol–water partition coefficient (Wildman–Crippen LogP) is 4.55. The second kappa shape index (κ2) is 5.61. The van der Waals surface area contributed by atoms with Crippen LogP contribution in [0.5, 0.6) is 11.5 Å². The van der Waals surface area contributed by atoms with Gasteiger partial charge in [-0.2, -0.15) is 0 Å². The number of ether oxygens (including phenoxy) is 1. The van der Waals surface area contributed by atoms with Crippen LogP contribution >= 0.6 is 23.2 Å². The van der Waals surface area contributed by atoms with Crippen LogP contribution in [0, 0.1) is 6.92 Å². The third-order valence-corrected chi connectivity index (χ3v) is 3.16. The molecular weight excluding hydrogens is 269 g/mol. The molecule has 0 bridgehead atoms. The molecule has 0 atom stereocenters. The van der Waals surface area contributed by atoms with Crippen LogP contribution in [0.25, 0.3) is 0 Å². The first-order chi connectivity index (χ1) is 8.61. The summed E-state index contributed by atoms with van der Waals surface area (Å²) < 4.78 is 5.77. The van der Waals surface area contributed by atoms with Gasteiger partial charge in [0.05, 0.1) is 10.0 Å². The maximum Gasteiger partial charge on any atom is 0.150 e. The summed E-state index contributed by atoms with van der Waals surface area (Å²) in [6, 6.07) is 11.1. The summed E-state index contributed by atoms with van der Waals surface area (Å²) in [5, 5.41) is 1.08. The maximum absolute atomic E-state index is 6.13. The van der Waals surface area contributed by atoms with Gasteiger partial charge in [0.25, 0.3) is 0 Å². The van der Waals surface area contributed by atoms with Crippen molar-refractivity contribution in [2.24, 2.45) is 5.73 Å². The fraction of sp³-hybridized carbons (Fsp3) is 0.143. The highest BCUT2D eigenvalue weighted by Crippen LogP contribution is 2.36. The number of hydrogen-bond acceptors (Lipinski definition) is 2. The molecule has 4 heteroatoms. The smallest absolute Gasteiger partial charge is 0.150 e. The Balaban J connectivity index is 2.39. The zero-order valence-electron chi connectivity index (χ0n) is 9.91. The van der Waals surface area contributed by atoms with E-state index in [-0.39, 0.29) is 0 Å². The van der Waals surface area contributed by atoms with E-state index in [1.807, 2.05) is 37.3 Å². The van der Waals surface area contributed by atoms with Crippen LogP contribution in [0.4, 0.5) is 0 Å². The third-order valence-electron chi connectivity index (χ3n) is 2.57. The molecule has 0 amide bonds. The molecule has 2 N–H and O–H groups in total. The summed E-state index contributed by atoms with van der Waals surface area (Å²) >= 11 is 12.2. The molecule has 0 aromatic heterocycles. The first kappa shape index (κ1) is 13.2. The molecule has 0 radical (unpaired) electrons. The van der Waals surface area contributed by atoms with Gasteiger partial charge in [0.1, 0.15) is 5.75 Å². The quantitative estimate of drug-likeness (QED) is 0.896. The minimum absolute atomic E-state index is 0.360. The Labute approximate surface area is 116 Å². The molecule has 0 spiro atoms. The van der Waals surface area contributed by atoms with Crippen LogP contribution in [-0.2, 0) is 6.54 Å². The first-order valence-electron chi connectivity index (χ1n) is 5.53. The van der Waals surface area contributed by atoms with E-state index >= 15 is 0 Å². The van der Waals surface area contributed by atoms with Gasteiger partial charge in [0.15, 0.2) is 5.75 Å². The Morgan fingerprint density at radius 1 is 1.11 bits per heavy atom. The molecule has 18 heavy (non-hydrogen) atoms. The van der Waals surface area contributed by atoms with Gasteiger partial charge in [0, 0.05) is 12.1 Å². The molecule has 2 aromatic rings. The van der Waals surface area contributed by atoms with E-state index in [9.17, 15) is 0 Å². The van der Waals surface area contributed by atoms with E-state index in [1.165, 1.54) is 0 Å². The van der Waals surface area contributed by atoms with Gasteiger partial charge in [0.2, 0.25) is 0 Å². The molecule has 0 unspecified atom stereocenters. The van der Waals surface area contributed by atoms with Crippen molar-refractivity contribution in [3.8, 4) is 11.5 Å². The zero-order valence-corrected chi connectivity index (χ0v) is 11.4. The molecule has 0 aliphatic rings. The first-order valence-corrected chi connectivity index (χ1v) is 6.29. The molecular formula is C14H13Cl2NO. The largest absolute Gasteiger partial charge is 0.454 e. The van der Waals surface area contributed by atoms with Gasteiger partial charge >= 0.3 is 0 Å². The van der Waals surface area contributed by atoms with Crippen LogP contribution in [0.15, 0.2) is 36.4 Å². The van der Waals surface area contributed by atoms with Crippen LogP contribution in [0.2, 0.25) is 10.0 Å². The van der Waals surface area contributed by atoms with Gasteiger partial charge in [-0.05, 0) is 30.7 Å². The molecule has 0 heterocycles. The van der Waals surface area contributed by atoms with Gasteiger partial charge < -0.3 is 10.5 Å². The van der Waals surface area contributed by atoms with E-state index in [0.29, 0.717) is 28.1 Å². The van der Waals surface area contributed by atoms with Gasteiger partial charge in [-0.3, -0.25) is 0 Å². The average molecular weight is 282 g/mol. The molecule has 0 saturated heterocycles. The molecule has 0 fully saturated rings. The number of rotatable bonds is 3. The Hall–Kier alpha value is -1.22. The Morgan fingerprint density at radius 2 is 1.89 bits per heavy atom. The summed E-state index contributed by atoms with van der Waals surface area (Å²) in [7, 11) is 0. The Kier molecular flexibility index (Phi) is 4.12. The monoisotopic (exact) mass is 281 g/mol. The number of para-hydroxylation sites is 1. The highest BCUT2D eigenvalue weighted by Gasteiger charge is 2.10. The van der Waals surface area contributed by atoms with E-state index in [4.69, 9.17) is 33.7 Å². The van der Waals surface area contributed by atoms with Crippen LogP contribution < -0.4 is 10.5 Å². The summed E-state index contributed by atoms with van der Waals surface area (Å²) in [5.74, 6) is 1.14. The standard InChI is InChI=1S/C14H13Cl2NO/c1-9-5-6-13(12(16)7-9)18-14-10(8-17)3-2-4-11(14)15/h2-7H,8,17H2,1H3. The minimum Gasteiger partial charge on any atom is -0.454 e. The molecule has 2 rings (SSSR count). The zero-order chi connectivity index (χ0) is 13.1. The lowest BCUT2D eigenvalue weighted by Gasteiger charge is -2.13. The summed E-state index contributed by atoms with van der Waals surface area (Å²) in [6.07, 6.45) is 0. The molecule has 2 aromatic carbocycles. The molecule has 0 saturated carbocycles. The molecule has 0 aliphatic heterocycles. The number of halogens is 2. The topological polar surface area (TPSA) is 35.2 Å². The number of hydrogen-bond donors (Lipinski definition) is 1. The second-order valence-corrected chi connectivity index (χ2v) is 4.78. The van der Waals surface area contributed by atoms with Crippen LogP contribution in [-0.4, -0.2) is 0 Å². The molecule has 0 aliphatic carbocycles. The third kappa shape index (κ3) is 2.78. The minimum atomic E-state index is 0.360. The molecule has 94 valence electrons. The second-order valence-electron chi connectivity index (χ2n) is 3.97. The maximum atomic E-state index is 6.13. The average Bonchev–Trinajstić information content (AvgIpc) is 2.34. The van der Waals surface area contributed by atoms with Crippen LogP contribution in [0.3, 0.4) is 0 Å². The van der Waals surface area contributed by atoms with E-state index in [0.717, 1.165) is 11.1 Å². The lowest BCUT2D eigenvalue weighted by molar-refractivity contribution is 0.477. The summed E-state index contributed by atoms with van der Waals surface area (Å²) in [4.78, 5) is 0. The summed E-state index contributed by atoms with van der Waals surface area (Å²) in [5.41, 5.74) is 7.58. The number of nitrogens with two attached hydrogens (primary N) is 1. The van der Waals surface area contributed by atoms with Gasteiger partial charge in [-0.1, -0.05) is 41.4 Å². The highest BCUT2D eigenvalue weighted by molar-refractivity contribution is 6.33. The fourth-order valence-corrected chi connectivity index (χ4v) is 2.13. The molecule has 2 nitrogen and oxygen atoms in total. The Bertz CT molecular complexity index is 570. The Morgan fingerprint density at radius 3 is 2.56 bits per heavy atom. The van der Waals surface area contributed by atoms with Crippen molar-refractivity contribution < 1.29 is 4.74 Å². The van der Waals surface area contributed by atoms with E-state index in [2.05, 4.69) is 0 Å². The van der Waals surface area contributed by atoms with Gasteiger partial charge in [-0.25, -0.2) is 0 Å². The normalized spacial score (nSPS) is 10.4. The van der Waals surface area contributed by atoms with Crippen molar-refractivity contribution in [2.45, 2.75) is 13.5 Å². The number of aryl methyl sites for hydroxylation is 1. The van der Waals surface area contributed by atoms with Crippen molar-refractivity contribution in [3.63, 3.8) is 0 Å².